The first-order valence-electron chi connectivity index (χ1n) is 11.1. The molecule has 1 N–H and O–H groups in total. The van der Waals surface area contributed by atoms with Crippen molar-refractivity contribution in [3.63, 3.8) is 0 Å². The number of aromatic nitrogens is 1. The summed E-state index contributed by atoms with van der Waals surface area (Å²) in [5, 5.41) is 9.98. The summed E-state index contributed by atoms with van der Waals surface area (Å²) in [6, 6.07) is 13.4. The monoisotopic (exact) mass is 527 g/mol. The van der Waals surface area contributed by atoms with E-state index in [-0.39, 0.29) is 5.56 Å². The Labute approximate surface area is 209 Å². The van der Waals surface area contributed by atoms with Crippen molar-refractivity contribution in [2.24, 2.45) is 5.92 Å². The molecule has 0 bridgehead atoms. The zero-order chi connectivity index (χ0) is 24.8. The van der Waals surface area contributed by atoms with E-state index in [0.29, 0.717) is 41.7 Å². The third kappa shape index (κ3) is 5.89. The highest BCUT2D eigenvalue weighted by Crippen LogP contribution is 2.38. The number of carboxylic acid groups (broad SMARTS) is 1. The van der Waals surface area contributed by atoms with Gasteiger partial charge in [0.1, 0.15) is 0 Å². The Hall–Kier alpha value is -3.06. The van der Waals surface area contributed by atoms with Gasteiger partial charge in [0, 0.05) is 15.7 Å². The molecule has 0 aliphatic rings. The standard InChI is InChI=1S/C27H30BrNO5/c1-16(2)12-23-20(18-7-9-19(28)10-8-18)15-21(27(30)31)22(29-23)11-6-17-13-24(32-3)26(34-5)25(14-17)33-4/h7-10,13-16H,6,11-12H2,1-5H3,(H,30,31). The second-order valence-corrected chi connectivity index (χ2v) is 9.34. The van der Waals surface area contributed by atoms with Gasteiger partial charge in [-0.05, 0) is 66.6 Å². The van der Waals surface area contributed by atoms with Crippen molar-refractivity contribution in [1.29, 1.82) is 0 Å². The fourth-order valence-electron chi connectivity index (χ4n) is 3.93. The lowest BCUT2D eigenvalue weighted by molar-refractivity contribution is 0.0695. The molecule has 0 aliphatic heterocycles. The van der Waals surface area contributed by atoms with Gasteiger partial charge in [0.15, 0.2) is 11.5 Å². The summed E-state index contributed by atoms with van der Waals surface area (Å²) < 4.78 is 17.3. The molecular weight excluding hydrogens is 498 g/mol. The first kappa shape index (κ1) is 25.6. The predicted molar refractivity (Wildman–Crippen MR) is 136 cm³/mol. The van der Waals surface area contributed by atoms with Gasteiger partial charge in [-0.1, -0.05) is 41.9 Å². The maximum atomic E-state index is 12.2. The summed E-state index contributed by atoms with van der Waals surface area (Å²) >= 11 is 3.46. The highest BCUT2D eigenvalue weighted by molar-refractivity contribution is 9.10. The summed E-state index contributed by atoms with van der Waals surface area (Å²) in [4.78, 5) is 17.1. The molecule has 7 heteroatoms. The smallest absolute Gasteiger partial charge is 0.337 e. The molecule has 0 fully saturated rings. The molecule has 0 saturated carbocycles. The molecule has 0 saturated heterocycles. The summed E-state index contributed by atoms with van der Waals surface area (Å²) in [6.07, 6.45) is 1.79. The van der Waals surface area contributed by atoms with Crippen LogP contribution in [0.4, 0.5) is 0 Å². The maximum Gasteiger partial charge on any atom is 0.337 e. The van der Waals surface area contributed by atoms with E-state index in [1.54, 1.807) is 27.4 Å². The second kappa shape index (κ2) is 11.4. The highest BCUT2D eigenvalue weighted by Gasteiger charge is 2.19. The summed E-state index contributed by atoms with van der Waals surface area (Å²) in [5.41, 5.74) is 4.44. The number of halogens is 1. The Bertz CT molecular complexity index is 1130. The summed E-state index contributed by atoms with van der Waals surface area (Å²) in [6.45, 7) is 4.27. The van der Waals surface area contributed by atoms with Gasteiger partial charge in [0.05, 0.1) is 32.6 Å². The number of aromatic carboxylic acids is 1. The lowest BCUT2D eigenvalue weighted by Crippen LogP contribution is -2.11. The number of carbonyl (C=O) groups is 1. The van der Waals surface area contributed by atoms with E-state index >= 15 is 0 Å². The number of pyridine rings is 1. The van der Waals surface area contributed by atoms with Crippen LogP contribution in [0.3, 0.4) is 0 Å². The molecule has 180 valence electrons. The fraction of sp³-hybridized carbons (Fsp3) is 0.333. The Morgan fingerprint density at radius 3 is 2.06 bits per heavy atom. The third-order valence-electron chi connectivity index (χ3n) is 5.54. The molecule has 1 aromatic heterocycles. The average molecular weight is 528 g/mol. The molecule has 0 radical (unpaired) electrons. The zero-order valence-corrected chi connectivity index (χ0v) is 21.7. The number of benzene rings is 2. The zero-order valence-electron chi connectivity index (χ0n) is 20.1. The van der Waals surface area contributed by atoms with Crippen LogP contribution < -0.4 is 14.2 Å². The van der Waals surface area contributed by atoms with Gasteiger partial charge >= 0.3 is 5.97 Å². The van der Waals surface area contributed by atoms with E-state index in [4.69, 9.17) is 19.2 Å². The van der Waals surface area contributed by atoms with Gasteiger partial charge in [-0.15, -0.1) is 0 Å². The third-order valence-corrected chi connectivity index (χ3v) is 6.07. The Morgan fingerprint density at radius 1 is 0.941 bits per heavy atom. The Balaban J connectivity index is 2.02. The SMILES string of the molecule is COc1cc(CCc2nc(CC(C)C)c(-c3ccc(Br)cc3)cc2C(=O)O)cc(OC)c1OC. The summed E-state index contributed by atoms with van der Waals surface area (Å²) in [5.74, 6) is 1.04. The van der Waals surface area contributed by atoms with Crippen molar-refractivity contribution in [2.75, 3.05) is 21.3 Å². The Morgan fingerprint density at radius 2 is 1.56 bits per heavy atom. The van der Waals surface area contributed by atoms with Gasteiger partial charge in [0.2, 0.25) is 5.75 Å². The topological polar surface area (TPSA) is 77.9 Å². The first-order chi connectivity index (χ1) is 16.3. The largest absolute Gasteiger partial charge is 0.493 e. The van der Waals surface area contributed by atoms with Gasteiger partial charge < -0.3 is 19.3 Å². The molecule has 0 atom stereocenters. The average Bonchev–Trinajstić information content (AvgIpc) is 2.82. The second-order valence-electron chi connectivity index (χ2n) is 8.42. The molecule has 3 rings (SSSR count). The minimum absolute atomic E-state index is 0.220. The minimum Gasteiger partial charge on any atom is -0.493 e. The number of hydrogen-bond acceptors (Lipinski definition) is 5. The van der Waals surface area contributed by atoms with Gasteiger partial charge in [-0.3, -0.25) is 4.98 Å². The molecule has 2 aromatic carbocycles. The number of methoxy groups -OCH3 is 3. The van der Waals surface area contributed by atoms with E-state index < -0.39 is 5.97 Å². The van der Waals surface area contributed by atoms with E-state index in [1.165, 1.54) is 0 Å². The van der Waals surface area contributed by atoms with Crippen LogP contribution in [0.5, 0.6) is 17.2 Å². The number of rotatable bonds is 10. The number of hydrogen-bond donors (Lipinski definition) is 1. The van der Waals surface area contributed by atoms with E-state index in [2.05, 4.69) is 29.8 Å². The molecule has 0 amide bonds. The Kier molecular flexibility index (Phi) is 8.56. The lowest BCUT2D eigenvalue weighted by Gasteiger charge is -2.17. The van der Waals surface area contributed by atoms with Crippen LogP contribution in [-0.4, -0.2) is 37.4 Å². The predicted octanol–water partition coefficient (Wildman–Crippen LogP) is 6.22. The van der Waals surface area contributed by atoms with Crippen molar-refractivity contribution >= 4 is 21.9 Å². The van der Waals surface area contributed by atoms with Crippen LogP contribution in [0.2, 0.25) is 0 Å². The van der Waals surface area contributed by atoms with Crippen LogP contribution >= 0.6 is 15.9 Å². The lowest BCUT2D eigenvalue weighted by atomic mass is 9.94. The van der Waals surface area contributed by atoms with Crippen LogP contribution in [-0.2, 0) is 19.3 Å². The maximum absolute atomic E-state index is 12.2. The van der Waals surface area contributed by atoms with Crippen LogP contribution in [0.25, 0.3) is 11.1 Å². The fourth-order valence-corrected chi connectivity index (χ4v) is 4.20. The van der Waals surface area contributed by atoms with Crippen molar-refractivity contribution in [2.45, 2.75) is 33.1 Å². The van der Waals surface area contributed by atoms with Crippen molar-refractivity contribution in [3.8, 4) is 28.4 Å². The molecule has 34 heavy (non-hydrogen) atoms. The summed E-state index contributed by atoms with van der Waals surface area (Å²) in [7, 11) is 4.71. The van der Waals surface area contributed by atoms with Crippen LogP contribution in [0.1, 0.15) is 41.2 Å². The first-order valence-corrected chi connectivity index (χ1v) is 11.9. The number of carboxylic acids is 1. The number of nitrogens with zero attached hydrogens (tertiary/aromatic N) is 1. The molecule has 6 nitrogen and oxygen atoms in total. The van der Waals surface area contributed by atoms with E-state index in [1.807, 2.05) is 36.4 Å². The number of ether oxygens (including phenoxy) is 3. The van der Waals surface area contributed by atoms with Gasteiger partial charge in [-0.25, -0.2) is 4.79 Å². The van der Waals surface area contributed by atoms with Crippen molar-refractivity contribution in [1.82, 2.24) is 4.98 Å². The van der Waals surface area contributed by atoms with Crippen LogP contribution in [0, 0.1) is 5.92 Å². The van der Waals surface area contributed by atoms with Gasteiger partial charge in [-0.2, -0.15) is 0 Å². The highest BCUT2D eigenvalue weighted by atomic mass is 79.9. The minimum atomic E-state index is -0.984. The van der Waals surface area contributed by atoms with Crippen LogP contribution in [0.15, 0.2) is 46.9 Å². The van der Waals surface area contributed by atoms with E-state index in [0.717, 1.165) is 33.3 Å². The molecular formula is C27H30BrNO5. The number of aryl methyl sites for hydroxylation is 2. The molecule has 0 spiro atoms. The molecule has 1 heterocycles. The van der Waals surface area contributed by atoms with Gasteiger partial charge in [0.25, 0.3) is 0 Å². The van der Waals surface area contributed by atoms with E-state index in [9.17, 15) is 9.90 Å². The quantitative estimate of drug-likeness (QED) is 0.337. The normalized spacial score (nSPS) is 10.9. The molecule has 0 aliphatic carbocycles. The van der Waals surface area contributed by atoms with Crippen molar-refractivity contribution in [3.05, 3.63) is 69.5 Å². The van der Waals surface area contributed by atoms with Crippen molar-refractivity contribution < 1.29 is 24.1 Å². The molecule has 0 unspecified atom stereocenters. The molecule has 3 aromatic rings.